The highest BCUT2D eigenvalue weighted by molar-refractivity contribution is 5.39. The van der Waals surface area contributed by atoms with E-state index in [9.17, 15) is 0 Å². The van der Waals surface area contributed by atoms with Crippen LogP contribution in [0.5, 0.6) is 0 Å². The van der Waals surface area contributed by atoms with Crippen molar-refractivity contribution in [2.45, 2.75) is 50.6 Å². The van der Waals surface area contributed by atoms with Gasteiger partial charge in [0.2, 0.25) is 0 Å². The van der Waals surface area contributed by atoms with Crippen molar-refractivity contribution < 1.29 is 4.74 Å². The summed E-state index contributed by atoms with van der Waals surface area (Å²) < 4.78 is 7.15. The van der Waals surface area contributed by atoms with Crippen LogP contribution in [0.4, 0.5) is 5.82 Å². The standard InChI is InChI=1S/C17H23N5O/c1-23-10-9-22-11-13-3-2-4-14(16(13)21-22)19-15-7-8-18-17(20-15)12-5-6-12/h7-8,11-12,14H,2-6,9-10H2,1H3,(H,18,19,20)/t14-/m1/s1. The van der Waals surface area contributed by atoms with Gasteiger partial charge in [0.1, 0.15) is 11.6 Å². The molecule has 0 bridgehead atoms. The van der Waals surface area contributed by atoms with Gasteiger partial charge in [0.05, 0.1) is 24.9 Å². The van der Waals surface area contributed by atoms with Gasteiger partial charge in [-0.15, -0.1) is 0 Å². The van der Waals surface area contributed by atoms with Crippen molar-refractivity contribution in [2.75, 3.05) is 19.0 Å². The molecule has 0 saturated heterocycles. The molecular formula is C17H23N5O. The fourth-order valence-corrected chi connectivity index (χ4v) is 3.21. The number of nitrogens with one attached hydrogen (secondary N) is 1. The molecule has 1 fully saturated rings. The van der Waals surface area contributed by atoms with Gasteiger partial charge in [-0.25, -0.2) is 9.97 Å². The Morgan fingerprint density at radius 3 is 3.09 bits per heavy atom. The molecule has 0 aromatic carbocycles. The fraction of sp³-hybridized carbons (Fsp3) is 0.588. The molecule has 1 N–H and O–H groups in total. The number of aromatic nitrogens is 4. The van der Waals surface area contributed by atoms with Crippen molar-refractivity contribution in [2.24, 2.45) is 0 Å². The first-order valence-electron chi connectivity index (χ1n) is 8.48. The third kappa shape index (κ3) is 3.22. The summed E-state index contributed by atoms with van der Waals surface area (Å²) in [6.07, 6.45) is 9.86. The van der Waals surface area contributed by atoms with Crippen LogP contribution in [0.15, 0.2) is 18.5 Å². The molecule has 0 aliphatic heterocycles. The third-order valence-electron chi connectivity index (χ3n) is 4.60. The smallest absolute Gasteiger partial charge is 0.133 e. The molecule has 122 valence electrons. The van der Waals surface area contributed by atoms with E-state index in [1.54, 1.807) is 7.11 Å². The summed E-state index contributed by atoms with van der Waals surface area (Å²) in [5, 5.41) is 8.34. The summed E-state index contributed by atoms with van der Waals surface area (Å²) in [5.74, 6) is 2.48. The Hall–Kier alpha value is -1.95. The molecule has 2 aromatic rings. The number of aryl methyl sites for hydroxylation is 1. The average molecular weight is 313 g/mol. The van der Waals surface area contributed by atoms with Crippen molar-refractivity contribution in [3.8, 4) is 0 Å². The van der Waals surface area contributed by atoms with Crippen LogP contribution in [0.25, 0.3) is 0 Å². The van der Waals surface area contributed by atoms with E-state index in [0.717, 1.165) is 31.0 Å². The SMILES string of the molecule is COCCn1cc2c(n1)[C@H](Nc1ccnc(C3CC3)n1)CCC2. The molecule has 4 rings (SSSR count). The molecule has 23 heavy (non-hydrogen) atoms. The zero-order valence-electron chi connectivity index (χ0n) is 13.5. The second kappa shape index (κ2) is 6.28. The van der Waals surface area contributed by atoms with E-state index >= 15 is 0 Å². The number of fused-ring (bicyclic) bond motifs is 1. The van der Waals surface area contributed by atoms with E-state index in [2.05, 4.69) is 21.5 Å². The minimum atomic E-state index is 0.240. The molecule has 2 heterocycles. The molecule has 1 atom stereocenters. The average Bonchev–Trinajstić information content (AvgIpc) is 3.33. The first-order chi connectivity index (χ1) is 11.3. The van der Waals surface area contributed by atoms with Crippen LogP contribution in [-0.4, -0.2) is 33.5 Å². The van der Waals surface area contributed by atoms with Gasteiger partial charge in [-0.3, -0.25) is 4.68 Å². The molecule has 1 saturated carbocycles. The lowest BCUT2D eigenvalue weighted by molar-refractivity contribution is 0.183. The van der Waals surface area contributed by atoms with Gasteiger partial charge in [-0.05, 0) is 43.7 Å². The van der Waals surface area contributed by atoms with Gasteiger partial charge in [0, 0.05) is 25.4 Å². The minimum Gasteiger partial charge on any atom is -0.383 e. The molecule has 6 nitrogen and oxygen atoms in total. The Labute approximate surface area is 136 Å². The van der Waals surface area contributed by atoms with Crippen LogP contribution in [0.3, 0.4) is 0 Å². The highest BCUT2D eigenvalue weighted by atomic mass is 16.5. The first-order valence-corrected chi connectivity index (χ1v) is 8.48. The molecule has 0 unspecified atom stereocenters. The summed E-state index contributed by atoms with van der Waals surface area (Å²) in [6, 6.07) is 2.20. The van der Waals surface area contributed by atoms with E-state index in [1.807, 2.05) is 16.9 Å². The van der Waals surface area contributed by atoms with Crippen LogP contribution in [0.1, 0.15) is 54.7 Å². The minimum absolute atomic E-state index is 0.240. The summed E-state index contributed by atoms with van der Waals surface area (Å²) in [7, 11) is 1.72. The monoisotopic (exact) mass is 313 g/mol. The van der Waals surface area contributed by atoms with Crippen molar-refractivity contribution in [3.05, 3.63) is 35.5 Å². The van der Waals surface area contributed by atoms with Crippen LogP contribution in [0.2, 0.25) is 0 Å². The summed E-state index contributed by atoms with van der Waals surface area (Å²) in [5.41, 5.74) is 2.51. The van der Waals surface area contributed by atoms with Crippen LogP contribution < -0.4 is 5.32 Å². The maximum Gasteiger partial charge on any atom is 0.133 e. The molecule has 0 radical (unpaired) electrons. The van der Waals surface area contributed by atoms with Gasteiger partial charge in [0.15, 0.2) is 0 Å². The normalized spacial score (nSPS) is 20.3. The Morgan fingerprint density at radius 2 is 2.26 bits per heavy atom. The van der Waals surface area contributed by atoms with Crippen LogP contribution in [-0.2, 0) is 17.7 Å². The lowest BCUT2D eigenvalue weighted by atomic mass is 9.94. The van der Waals surface area contributed by atoms with Gasteiger partial charge in [0.25, 0.3) is 0 Å². The lowest BCUT2D eigenvalue weighted by Crippen LogP contribution is -2.18. The maximum absolute atomic E-state index is 5.15. The van der Waals surface area contributed by atoms with Crippen molar-refractivity contribution in [3.63, 3.8) is 0 Å². The van der Waals surface area contributed by atoms with Gasteiger partial charge >= 0.3 is 0 Å². The summed E-state index contributed by atoms with van der Waals surface area (Å²) in [6.45, 7) is 1.49. The summed E-state index contributed by atoms with van der Waals surface area (Å²) in [4.78, 5) is 9.07. The van der Waals surface area contributed by atoms with E-state index in [0.29, 0.717) is 12.5 Å². The zero-order valence-corrected chi connectivity index (χ0v) is 13.5. The number of anilines is 1. The first kappa shape index (κ1) is 14.6. The van der Waals surface area contributed by atoms with E-state index in [4.69, 9.17) is 9.84 Å². The largest absolute Gasteiger partial charge is 0.383 e. The van der Waals surface area contributed by atoms with Crippen LogP contribution >= 0.6 is 0 Å². The van der Waals surface area contributed by atoms with Crippen molar-refractivity contribution in [1.82, 2.24) is 19.7 Å². The van der Waals surface area contributed by atoms with Crippen molar-refractivity contribution >= 4 is 5.82 Å². The maximum atomic E-state index is 5.15. The Kier molecular flexibility index (Phi) is 3.99. The van der Waals surface area contributed by atoms with Crippen LogP contribution in [0, 0.1) is 0 Å². The second-order valence-electron chi connectivity index (χ2n) is 6.46. The zero-order chi connectivity index (χ0) is 15.6. The molecule has 0 amide bonds. The number of nitrogens with zero attached hydrogens (tertiary/aromatic N) is 4. The number of hydrogen-bond acceptors (Lipinski definition) is 5. The molecule has 2 aromatic heterocycles. The number of rotatable bonds is 6. The topological polar surface area (TPSA) is 64.9 Å². The highest BCUT2D eigenvalue weighted by Crippen LogP contribution is 2.38. The van der Waals surface area contributed by atoms with Gasteiger partial charge < -0.3 is 10.1 Å². The number of hydrogen-bond donors (Lipinski definition) is 1. The number of methoxy groups -OCH3 is 1. The third-order valence-corrected chi connectivity index (χ3v) is 4.60. The van der Waals surface area contributed by atoms with Gasteiger partial charge in [-0.2, -0.15) is 5.10 Å². The predicted octanol–water partition coefficient (Wildman–Crippen LogP) is 2.69. The van der Waals surface area contributed by atoms with Gasteiger partial charge in [-0.1, -0.05) is 0 Å². The Morgan fingerprint density at radius 1 is 1.35 bits per heavy atom. The molecule has 2 aliphatic rings. The fourth-order valence-electron chi connectivity index (χ4n) is 3.21. The van der Waals surface area contributed by atoms with E-state index < -0.39 is 0 Å². The number of ether oxygens (including phenoxy) is 1. The predicted molar refractivity (Wildman–Crippen MR) is 87.4 cm³/mol. The van der Waals surface area contributed by atoms with Crippen molar-refractivity contribution in [1.29, 1.82) is 0 Å². The molecule has 0 spiro atoms. The lowest BCUT2D eigenvalue weighted by Gasteiger charge is -2.22. The highest BCUT2D eigenvalue weighted by Gasteiger charge is 2.28. The second-order valence-corrected chi connectivity index (χ2v) is 6.46. The molecule has 6 heteroatoms. The molecular weight excluding hydrogens is 290 g/mol. The molecule has 2 aliphatic carbocycles. The quantitative estimate of drug-likeness (QED) is 0.888. The van der Waals surface area contributed by atoms with E-state index in [1.165, 1.54) is 30.5 Å². The Balaban J connectivity index is 1.52. The summed E-state index contributed by atoms with van der Waals surface area (Å²) >= 11 is 0. The van der Waals surface area contributed by atoms with E-state index in [-0.39, 0.29) is 6.04 Å². The Bertz CT molecular complexity index is 679.